The standard InChI is InChI=1S/C10H18N2O2.C2H6/c1-6-2-9(3-6)4-10(12,5-9)7(13)8(11)14;1-2/h6-7,13H,2-5,12H2,1H3,(H2,11,14);1-2H3. The predicted octanol–water partition coefficient (Wildman–Crippen LogP) is 0.766. The maximum absolute atomic E-state index is 10.8. The first-order valence-corrected chi connectivity index (χ1v) is 6.13. The molecule has 2 fully saturated rings. The van der Waals surface area contributed by atoms with Gasteiger partial charge < -0.3 is 16.6 Å². The molecule has 1 spiro atoms. The van der Waals surface area contributed by atoms with E-state index in [1.165, 1.54) is 12.8 Å². The van der Waals surface area contributed by atoms with Gasteiger partial charge in [-0.1, -0.05) is 20.8 Å². The van der Waals surface area contributed by atoms with Crippen molar-refractivity contribution >= 4 is 5.91 Å². The van der Waals surface area contributed by atoms with Crippen molar-refractivity contribution in [3.8, 4) is 0 Å². The maximum atomic E-state index is 10.8. The van der Waals surface area contributed by atoms with Gasteiger partial charge in [-0.2, -0.15) is 0 Å². The molecule has 0 aromatic rings. The molecule has 5 N–H and O–H groups in total. The number of hydrogen-bond donors (Lipinski definition) is 3. The van der Waals surface area contributed by atoms with Crippen LogP contribution in [-0.4, -0.2) is 22.7 Å². The summed E-state index contributed by atoms with van der Waals surface area (Å²) in [5, 5.41) is 9.52. The maximum Gasteiger partial charge on any atom is 0.248 e. The van der Waals surface area contributed by atoms with E-state index >= 15 is 0 Å². The third-order valence-electron chi connectivity index (χ3n) is 3.79. The number of carbonyl (C=O) groups is 1. The van der Waals surface area contributed by atoms with Crippen LogP contribution in [0.1, 0.15) is 46.5 Å². The fourth-order valence-corrected chi connectivity index (χ4v) is 3.53. The molecule has 1 unspecified atom stereocenters. The van der Waals surface area contributed by atoms with Crippen LogP contribution in [0.15, 0.2) is 0 Å². The Labute approximate surface area is 97.4 Å². The minimum atomic E-state index is -1.18. The summed E-state index contributed by atoms with van der Waals surface area (Å²) in [4.78, 5) is 10.8. The van der Waals surface area contributed by atoms with Gasteiger partial charge in [0.25, 0.3) is 0 Å². The van der Waals surface area contributed by atoms with Crippen LogP contribution in [0, 0.1) is 11.3 Å². The molecule has 0 saturated heterocycles. The molecule has 1 atom stereocenters. The number of aliphatic hydroxyl groups excluding tert-OH is 1. The molecule has 2 rings (SSSR count). The first-order valence-electron chi connectivity index (χ1n) is 6.13. The molecule has 4 heteroatoms. The van der Waals surface area contributed by atoms with Gasteiger partial charge in [-0.3, -0.25) is 4.79 Å². The lowest BCUT2D eigenvalue weighted by atomic mass is 9.45. The number of primary amides is 1. The lowest BCUT2D eigenvalue weighted by molar-refractivity contribution is -0.148. The van der Waals surface area contributed by atoms with E-state index in [9.17, 15) is 9.90 Å². The van der Waals surface area contributed by atoms with Crippen LogP contribution in [-0.2, 0) is 4.79 Å². The Morgan fingerprint density at radius 2 is 1.81 bits per heavy atom. The molecule has 0 aromatic carbocycles. The molecule has 0 aliphatic heterocycles. The van der Waals surface area contributed by atoms with Crippen LogP contribution in [0.25, 0.3) is 0 Å². The Balaban J connectivity index is 0.000000606. The van der Waals surface area contributed by atoms with Crippen molar-refractivity contribution in [1.29, 1.82) is 0 Å². The summed E-state index contributed by atoms with van der Waals surface area (Å²) in [5.41, 5.74) is 10.5. The zero-order valence-electron chi connectivity index (χ0n) is 10.5. The van der Waals surface area contributed by atoms with Gasteiger partial charge in [0.05, 0.1) is 5.54 Å². The van der Waals surface area contributed by atoms with E-state index in [1.54, 1.807) is 0 Å². The molecule has 0 aromatic heterocycles. The van der Waals surface area contributed by atoms with Crippen LogP contribution in [0.5, 0.6) is 0 Å². The van der Waals surface area contributed by atoms with Crippen molar-refractivity contribution in [3.63, 3.8) is 0 Å². The minimum Gasteiger partial charge on any atom is -0.381 e. The van der Waals surface area contributed by atoms with Crippen molar-refractivity contribution in [2.24, 2.45) is 22.8 Å². The number of hydrogen-bond acceptors (Lipinski definition) is 3. The second-order valence-corrected chi connectivity index (χ2v) is 5.41. The van der Waals surface area contributed by atoms with Gasteiger partial charge in [0.2, 0.25) is 5.91 Å². The first-order chi connectivity index (χ1) is 7.37. The SMILES string of the molecule is CC.CC1CC2(C1)CC(N)(C(O)C(N)=O)C2. The van der Waals surface area contributed by atoms with Crippen LogP contribution >= 0.6 is 0 Å². The smallest absolute Gasteiger partial charge is 0.248 e. The predicted molar refractivity (Wildman–Crippen MR) is 63.5 cm³/mol. The first kappa shape index (κ1) is 13.5. The summed E-state index contributed by atoms with van der Waals surface area (Å²) in [7, 11) is 0. The van der Waals surface area contributed by atoms with E-state index in [1.807, 2.05) is 13.8 Å². The van der Waals surface area contributed by atoms with Crippen molar-refractivity contribution in [3.05, 3.63) is 0 Å². The Kier molecular flexibility index (Phi) is 3.65. The third-order valence-corrected chi connectivity index (χ3v) is 3.79. The molecule has 1 amide bonds. The molecule has 2 aliphatic rings. The van der Waals surface area contributed by atoms with Crippen molar-refractivity contribution in [2.75, 3.05) is 0 Å². The summed E-state index contributed by atoms with van der Waals surface area (Å²) < 4.78 is 0. The van der Waals surface area contributed by atoms with Gasteiger partial charge in [0.1, 0.15) is 6.10 Å². The van der Waals surface area contributed by atoms with Crippen molar-refractivity contribution in [1.82, 2.24) is 0 Å². The highest BCUT2D eigenvalue weighted by Gasteiger charge is 2.60. The number of amides is 1. The van der Waals surface area contributed by atoms with E-state index in [0.29, 0.717) is 5.41 Å². The van der Waals surface area contributed by atoms with Crippen molar-refractivity contribution < 1.29 is 9.90 Å². The second-order valence-electron chi connectivity index (χ2n) is 5.41. The van der Waals surface area contributed by atoms with Gasteiger partial charge in [0, 0.05) is 0 Å². The van der Waals surface area contributed by atoms with Crippen LogP contribution < -0.4 is 11.5 Å². The largest absolute Gasteiger partial charge is 0.381 e. The van der Waals surface area contributed by atoms with Gasteiger partial charge in [0.15, 0.2) is 0 Å². The number of nitrogens with two attached hydrogens (primary N) is 2. The van der Waals surface area contributed by atoms with Crippen molar-refractivity contribution in [2.45, 2.75) is 58.1 Å². The monoisotopic (exact) mass is 228 g/mol. The summed E-state index contributed by atoms with van der Waals surface area (Å²) in [5.74, 6) is 0.0694. The molecule has 0 heterocycles. The van der Waals surface area contributed by atoms with Crippen LogP contribution in [0.4, 0.5) is 0 Å². The van der Waals surface area contributed by atoms with E-state index in [-0.39, 0.29) is 0 Å². The molecule has 2 saturated carbocycles. The van der Waals surface area contributed by atoms with E-state index in [2.05, 4.69) is 6.92 Å². The number of carbonyl (C=O) groups excluding carboxylic acids is 1. The lowest BCUT2D eigenvalue weighted by Gasteiger charge is -2.62. The Hall–Kier alpha value is -0.610. The molecular weight excluding hydrogens is 204 g/mol. The zero-order chi connectivity index (χ0) is 12.6. The highest BCUT2D eigenvalue weighted by atomic mass is 16.3. The van der Waals surface area contributed by atoms with Gasteiger partial charge >= 0.3 is 0 Å². The molecule has 4 nitrogen and oxygen atoms in total. The molecule has 0 bridgehead atoms. The highest BCUT2D eigenvalue weighted by Crippen LogP contribution is 2.62. The quantitative estimate of drug-likeness (QED) is 0.652. The van der Waals surface area contributed by atoms with Gasteiger partial charge in [-0.25, -0.2) is 0 Å². The fraction of sp³-hybridized carbons (Fsp3) is 0.917. The van der Waals surface area contributed by atoms with Crippen LogP contribution in [0.2, 0.25) is 0 Å². The van der Waals surface area contributed by atoms with Crippen LogP contribution in [0.3, 0.4) is 0 Å². The summed E-state index contributed by atoms with van der Waals surface area (Å²) in [6.45, 7) is 6.21. The minimum absolute atomic E-state index is 0.324. The summed E-state index contributed by atoms with van der Waals surface area (Å²) in [6, 6.07) is 0. The topological polar surface area (TPSA) is 89.3 Å². The Bertz CT molecular complexity index is 264. The van der Waals surface area contributed by atoms with E-state index < -0.39 is 17.6 Å². The van der Waals surface area contributed by atoms with Gasteiger partial charge in [-0.05, 0) is 37.0 Å². The normalized spacial score (nSPS) is 42.4. The van der Waals surface area contributed by atoms with Gasteiger partial charge in [-0.15, -0.1) is 0 Å². The molecule has 16 heavy (non-hydrogen) atoms. The number of aliphatic hydroxyl groups is 1. The highest BCUT2D eigenvalue weighted by molar-refractivity contribution is 5.80. The lowest BCUT2D eigenvalue weighted by Crippen LogP contribution is -2.69. The summed E-state index contributed by atoms with van der Waals surface area (Å²) in [6.07, 6.45) is 2.67. The summed E-state index contributed by atoms with van der Waals surface area (Å²) >= 11 is 0. The second kappa shape index (κ2) is 4.34. The third kappa shape index (κ3) is 2.09. The zero-order valence-corrected chi connectivity index (χ0v) is 10.5. The Morgan fingerprint density at radius 3 is 2.12 bits per heavy atom. The Morgan fingerprint density at radius 1 is 1.38 bits per heavy atom. The van der Waals surface area contributed by atoms with E-state index in [0.717, 1.165) is 18.8 Å². The molecule has 94 valence electrons. The fourth-order valence-electron chi connectivity index (χ4n) is 3.53. The molecule has 2 aliphatic carbocycles. The average Bonchev–Trinajstić information content (AvgIpc) is 2.15. The van der Waals surface area contributed by atoms with E-state index in [4.69, 9.17) is 11.5 Å². The molecular formula is C12H24N2O2. The molecule has 0 radical (unpaired) electrons. The number of rotatable bonds is 2. The average molecular weight is 228 g/mol.